The molecule has 18 nitrogen and oxygen atoms in total. The number of carbonyl (C=O) groups excluding carboxylic acids is 3. The molecule has 19 heteroatoms. The average Bonchev–Trinajstić information content (AvgIpc) is 3.73. The van der Waals surface area contributed by atoms with E-state index in [-0.39, 0.29) is 49.3 Å². The number of aryl methyl sites for hydroxylation is 1. The van der Waals surface area contributed by atoms with E-state index in [1.54, 1.807) is 11.5 Å². The van der Waals surface area contributed by atoms with E-state index < -0.39 is 24.6 Å². The summed E-state index contributed by atoms with van der Waals surface area (Å²) in [6.07, 6.45) is 0.929. The summed E-state index contributed by atoms with van der Waals surface area (Å²) in [5.41, 5.74) is 3.26. The van der Waals surface area contributed by atoms with Gasteiger partial charge in [0.25, 0.3) is 0 Å². The van der Waals surface area contributed by atoms with Crippen molar-refractivity contribution in [2.24, 2.45) is 0 Å². The Morgan fingerprint density at radius 3 is 2.34 bits per heavy atom. The van der Waals surface area contributed by atoms with Gasteiger partial charge in [0.1, 0.15) is 5.82 Å². The van der Waals surface area contributed by atoms with Gasteiger partial charge in [-0.05, 0) is 54.5 Å². The first-order valence-electron chi connectivity index (χ1n) is 17.0. The third-order valence-corrected chi connectivity index (χ3v) is 7.75. The SMILES string of the molecule is CCCCc1nc(Cl)c(C(=O)OC(C)OC(=O)OCC)n1Cc1ccc(-c2ccccc2-c2nnn(COC(=O)OCCCCCON(O)O)n2)cc1. The van der Waals surface area contributed by atoms with Crippen molar-refractivity contribution >= 4 is 29.9 Å². The maximum absolute atomic E-state index is 13.2. The van der Waals surface area contributed by atoms with Crippen LogP contribution in [0.5, 0.6) is 0 Å². The second-order valence-electron chi connectivity index (χ2n) is 11.4. The largest absolute Gasteiger partial charge is 0.511 e. The van der Waals surface area contributed by atoms with Gasteiger partial charge in [0, 0.05) is 25.5 Å². The van der Waals surface area contributed by atoms with Crippen molar-refractivity contribution in [2.75, 3.05) is 19.8 Å². The zero-order chi connectivity index (χ0) is 38.2. The summed E-state index contributed by atoms with van der Waals surface area (Å²) in [6.45, 7) is 5.35. The number of tetrazole rings is 1. The molecule has 1 atom stereocenters. The molecule has 1 unspecified atom stereocenters. The van der Waals surface area contributed by atoms with E-state index in [4.69, 9.17) is 45.7 Å². The van der Waals surface area contributed by atoms with Gasteiger partial charge in [0.15, 0.2) is 10.8 Å². The molecule has 0 radical (unpaired) electrons. The summed E-state index contributed by atoms with van der Waals surface area (Å²) < 4.78 is 26.9. The van der Waals surface area contributed by atoms with Crippen LogP contribution in [-0.2, 0) is 48.2 Å². The lowest BCUT2D eigenvalue weighted by Gasteiger charge is -2.16. The van der Waals surface area contributed by atoms with Crippen LogP contribution in [0.15, 0.2) is 48.5 Å². The molecule has 0 saturated carbocycles. The molecule has 0 saturated heterocycles. The lowest BCUT2D eigenvalue weighted by molar-refractivity contribution is -0.492. The molecule has 0 aliphatic heterocycles. The summed E-state index contributed by atoms with van der Waals surface area (Å²) in [4.78, 5) is 46.9. The Balaban J connectivity index is 1.41. The second kappa shape index (κ2) is 20.8. The molecule has 0 amide bonds. The first-order valence-corrected chi connectivity index (χ1v) is 17.3. The van der Waals surface area contributed by atoms with Crippen molar-refractivity contribution in [2.45, 2.75) is 78.9 Å². The Hall–Kier alpha value is -5.14. The average molecular weight is 760 g/mol. The van der Waals surface area contributed by atoms with Crippen LogP contribution in [0.4, 0.5) is 9.59 Å². The maximum Gasteiger partial charge on any atom is 0.511 e. The van der Waals surface area contributed by atoms with E-state index in [0.717, 1.165) is 34.3 Å². The van der Waals surface area contributed by atoms with Crippen LogP contribution in [-0.4, -0.2) is 90.0 Å². The van der Waals surface area contributed by atoms with Gasteiger partial charge < -0.3 is 28.3 Å². The Bertz CT molecular complexity index is 1780. The number of aromatic nitrogens is 6. The first kappa shape index (κ1) is 40.6. The molecule has 286 valence electrons. The zero-order valence-corrected chi connectivity index (χ0v) is 30.3. The van der Waals surface area contributed by atoms with Gasteiger partial charge in [0.2, 0.25) is 18.8 Å². The fraction of sp³-hybridized carbons (Fsp3) is 0.441. The topological polar surface area (TPSA) is 212 Å². The molecule has 0 bridgehead atoms. The van der Waals surface area contributed by atoms with Crippen LogP contribution in [0.3, 0.4) is 0 Å². The van der Waals surface area contributed by atoms with E-state index in [9.17, 15) is 14.4 Å². The first-order chi connectivity index (χ1) is 25.6. The molecule has 2 N–H and O–H groups in total. The molecule has 0 spiro atoms. The number of benzene rings is 2. The minimum absolute atomic E-state index is 0.0171. The number of hydrogen-bond donors (Lipinski definition) is 2. The molecular weight excluding hydrogens is 718 g/mol. The molecule has 4 rings (SSSR count). The van der Waals surface area contributed by atoms with Crippen molar-refractivity contribution in [3.05, 3.63) is 70.8 Å². The van der Waals surface area contributed by atoms with Crippen molar-refractivity contribution in [3.8, 4) is 22.5 Å². The number of carbonyl (C=O) groups is 3. The minimum Gasteiger partial charge on any atom is -0.435 e. The number of imidazole rings is 1. The predicted molar refractivity (Wildman–Crippen MR) is 184 cm³/mol. The van der Waals surface area contributed by atoms with Gasteiger partial charge in [-0.25, -0.2) is 19.4 Å². The Kier molecular flexibility index (Phi) is 15.9. The highest BCUT2D eigenvalue weighted by molar-refractivity contribution is 6.32. The van der Waals surface area contributed by atoms with Crippen molar-refractivity contribution in [3.63, 3.8) is 0 Å². The third kappa shape index (κ3) is 12.5. The molecule has 53 heavy (non-hydrogen) atoms. The molecule has 2 heterocycles. The lowest BCUT2D eigenvalue weighted by atomic mass is 9.98. The number of rotatable bonds is 20. The summed E-state index contributed by atoms with van der Waals surface area (Å²) in [5, 5.41) is 29.1. The highest BCUT2D eigenvalue weighted by Gasteiger charge is 2.26. The summed E-state index contributed by atoms with van der Waals surface area (Å²) in [7, 11) is 0. The van der Waals surface area contributed by atoms with Crippen LogP contribution in [0.25, 0.3) is 22.5 Å². The van der Waals surface area contributed by atoms with Crippen molar-refractivity contribution in [1.29, 1.82) is 0 Å². The highest BCUT2D eigenvalue weighted by Crippen LogP contribution is 2.30. The molecule has 4 aromatic rings. The number of ether oxygens (including phenoxy) is 5. The lowest BCUT2D eigenvalue weighted by Crippen LogP contribution is -2.24. The van der Waals surface area contributed by atoms with Crippen LogP contribution < -0.4 is 0 Å². The monoisotopic (exact) mass is 759 g/mol. The fourth-order valence-electron chi connectivity index (χ4n) is 5.02. The molecule has 0 aliphatic carbocycles. The number of unbranched alkanes of at least 4 members (excludes halogenated alkanes) is 3. The summed E-state index contributed by atoms with van der Waals surface area (Å²) in [6, 6.07) is 15.2. The normalized spacial score (nSPS) is 11.7. The van der Waals surface area contributed by atoms with E-state index in [0.29, 0.717) is 42.9 Å². The number of halogens is 1. The molecule has 2 aromatic carbocycles. The van der Waals surface area contributed by atoms with E-state index in [2.05, 4.69) is 25.2 Å². The number of hydrogen-bond acceptors (Lipinski definition) is 16. The van der Waals surface area contributed by atoms with Gasteiger partial charge >= 0.3 is 18.3 Å². The van der Waals surface area contributed by atoms with Crippen molar-refractivity contribution < 1.29 is 53.3 Å². The van der Waals surface area contributed by atoms with Crippen LogP contribution in [0.2, 0.25) is 5.15 Å². The number of nitrogens with zero attached hydrogens (tertiary/aromatic N) is 7. The quantitative estimate of drug-likeness (QED) is 0.0337. The summed E-state index contributed by atoms with van der Waals surface area (Å²) >= 11 is 6.46. The van der Waals surface area contributed by atoms with Crippen LogP contribution >= 0.6 is 11.6 Å². The Morgan fingerprint density at radius 2 is 1.62 bits per heavy atom. The fourth-order valence-corrected chi connectivity index (χ4v) is 5.29. The van der Waals surface area contributed by atoms with Crippen LogP contribution in [0.1, 0.15) is 74.8 Å². The molecule has 0 fully saturated rings. The smallest absolute Gasteiger partial charge is 0.435 e. The van der Waals surface area contributed by atoms with Gasteiger partial charge in [-0.1, -0.05) is 73.5 Å². The molecule has 2 aromatic heterocycles. The second-order valence-corrected chi connectivity index (χ2v) is 11.7. The van der Waals surface area contributed by atoms with Crippen LogP contribution in [0, 0.1) is 0 Å². The zero-order valence-electron chi connectivity index (χ0n) is 29.6. The van der Waals surface area contributed by atoms with Crippen molar-refractivity contribution in [1.82, 2.24) is 35.1 Å². The van der Waals surface area contributed by atoms with Gasteiger partial charge in [-0.2, -0.15) is 0 Å². The predicted octanol–water partition coefficient (Wildman–Crippen LogP) is 6.22. The Labute approximate surface area is 309 Å². The van der Waals surface area contributed by atoms with E-state index in [1.807, 2.05) is 55.5 Å². The van der Waals surface area contributed by atoms with Gasteiger partial charge in [-0.15, -0.1) is 15.0 Å². The standard InChI is InChI=1S/C34H42ClN7O11/c1-4-6-14-28-36-30(35)29(32(43)52-23(3)53-34(45)48-5-2)40(28)21-24-15-17-25(18-16-24)26-12-8-9-13-27(26)31-37-39-41(38-31)22-50-33(44)49-19-10-7-11-20-51-42(46)47/h8-9,12-13,15-18,23,46-47H,4-7,10-11,14,19-22H2,1-3H3. The molecular formula is C34H42ClN7O11. The maximum atomic E-state index is 13.2. The number of esters is 1. The summed E-state index contributed by atoms with van der Waals surface area (Å²) in [5.74, 6) is 0.130. The molecule has 0 aliphatic rings. The Morgan fingerprint density at radius 1 is 0.887 bits per heavy atom. The van der Waals surface area contributed by atoms with E-state index >= 15 is 0 Å². The highest BCUT2D eigenvalue weighted by atomic mass is 35.5. The van der Waals surface area contributed by atoms with Gasteiger partial charge in [-0.3, -0.25) is 15.3 Å². The third-order valence-electron chi connectivity index (χ3n) is 7.49. The minimum atomic E-state index is -1.22. The van der Waals surface area contributed by atoms with E-state index in [1.165, 1.54) is 6.92 Å². The van der Waals surface area contributed by atoms with Gasteiger partial charge in [0.05, 0.1) is 25.2 Å².